The van der Waals surface area contributed by atoms with E-state index < -0.39 is 0 Å². The second kappa shape index (κ2) is 3.25. The molecule has 2 rings (SSSR count). The zero-order valence-corrected chi connectivity index (χ0v) is 9.05. The van der Waals surface area contributed by atoms with Crippen LogP contribution in [0.25, 0.3) is 0 Å². The highest BCUT2D eigenvalue weighted by molar-refractivity contribution is 5.07. The Kier molecular flexibility index (Phi) is 2.37. The van der Waals surface area contributed by atoms with E-state index in [4.69, 9.17) is 4.74 Å². The Hall–Kier alpha value is -0.0800. The molecule has 2 atom stereocenters. The lowest BCUT2D eigenvalue weighted by Gasteiger charge is -2.50. The average Bonchev–Trinajstić information content (AvgIpc) is 2.21. The summed E-state index contributed by atoms with van der Waals surface area (Å²) in [5.41, 5.74) is 0.435. The zero-order valence-electron chi connectivity index (χ0n) is 9.05. The molecule has 0 N–H and O–H groups in total. The lowest BCUT2D eigenvalue weighted by Crippen LogP contribution is -2.61. The van der Waals surface area contributed by atoms with Crippen molar-refractivity contribution in [1.82, 2.24) is 4.90 Å². The molecule has 2 heteroatoms. The van der Waals surface area contributed by atoms with Crippen molar-refractivity contribution in [3.63, 3.8) is 0 Å². The third-order valence-electron chi connectivity index (χ3n) is 3.86. The second-order valence-corrected chi connectivity index (χ2v) is 4.89. The Labute approximate surface area is 81.3 Å². The lowest BCUT2D eigenvalue weighted by atomic mass is 9.78. The third-order valence-corrected chi connectivity index (χ3v) is 3.86. The summed E-state index contributed by atoms with van der Waals surface area (Å²) in [5.74, 6) is 0.833. The van der Waals surface area contributed by atoms with E-state index in [1.807, 2.05) is 0 Å². The number of hydrogen-bond acceptors (Lipinski definition) is 2. The first-order valence-electron chi connectivity index (χ1n) is 5.52. The summed E-state index contributed by atoms with van der Waals surface area (Å²) in [4.78, 5) is 2.61. The zero-order chi connectivity index (χ0) is 9.47. The predicted molar refractivity (Wildman–Crippen MR) is 53.8 cm³/mol. The van der Waals surface area contributed by atoms with E-state index in [0.29, 0.717) is 11.6 Å². The van der Waals surface area contributed by atoms with Crippen LogP contribution in [-0.2, 0) is 4.74 Å². The van der Waals surface area contributed by atoms with Crippen molar-refractivity contribution in [3.05, 3.63) is 0 Å². The highest BCUT2D eigenvalue weighted by Crippen LogP contribution is 2.44. The molecule has 2 saturated heterocycles. The summed E-state index contributed by atoms with van der Waals surface area (Å²) in [6.07, 6.45) is 3.09. The van der Waals surface area contributed by atoms with Crippen molar-refractivity contribution in [2.45, 2.75) is 45.3 Å². The van der Waals surface area contributed by atoms with Gasteiger partial charge < -0.3 is 4.74 Å². The first kappa shape index (κ1) is 9.47. The van der Waals surface area contributed by atoms with Crippen LogP contribution in [0, 0.1) is 5.92 Å². The number of fused-ring (bicyclic) bond motifs is 1. The fraction of sp³-hybridized carbons (Fsp3) is 1.00. The van der Waals surface area contributed by atoms with E-state index in [9.17, 15) is 0 Å². The lowest BCUT2D eigenvalue weighted by molar-refractivity contribution is -0.0820. The predicted octanol–water partition coefficient (Wildman–Crippen LogP) is 1.90. The fourth-order valence-electron chi connectivity index (χ4n) is 2.68. The second-order valence-electron chi connectivity index (χ2n) is 4.89. The van der Waals surface area contributed by atoms with Gasteiger partial charge in [0, 0.05) is 12.1 Å². The fourth-order valence-corrected chi connectivity index (χ4v) is 2.68. The molecule has 13 heavy (non-hydrogen) atoms. The molecule has 0 aliphatic carbocycles. The topological polar surface area (TPSA) is 12.5 Å². The normalized spacial score (nSPS) is 39.2. The molecule has 0 unspecified atom stereocenters. The molecule has 0 aromatic rings. The largest absolute Gasteiger partial charge is 0.377 e. The van der Waals surface area contributed by atoms with Crippen molar-refractivity contribution in [3.8, 4) is 0 Å². The molecule has 0 aromatic heterocycles. The highest BCUT2D eigenvalue weighted by Gasteiger charge is 2.52. The van der Waals surface area contributed by atoms with E-state index in [2.05, 4.69) is 25.7 Å². The van der Waals surface area contributed by atoms with E-state index in [1.54, 1.807) is 0 Å². The van der Waals surface area contributed by atoms with Crippen LogP contribution in [0.4, 0.5) is 0 Å². The van der Waals surface area contributed by atoms with Gasteiger partial charge in [0.05, 0.1) is 12.7 Å². The third kappa shape index (κ3) is 1.40. The first-order valence-corrected chi connectivity index (χ1v) is 5.52. The van der Waals surface area contributed by atoms with Gasteiger partial charge in [-0.25, -0.2) is 0 Å². The minimum absolute atomic E-state index is 0.379. The summed E-state index contributed by atoms with van der Waals surface area (Å²) in [6.45, 7) is 10.2. The summed E-state index contributed by atoms with van der Waals surface area (Å²) in [7, 11) is 0. The first-order chi connectivity index (χ1) is 6.15. The molecule has 0 aromatic carbocycles. The number of ether oxygens (including phenoxy) is 1. The van der Waals surface area contributed by atoms with Crippen LogP contribution < -0.4 is 0 Å². The maximum absolute atomic E-state index is 5.78. The average molecular weight is 183 g/mol. The highest BCUT2D eigenvalue weighted by atomic mass is 16.5. The van der Waals surface area contributed by atoms with Crippen LogP contribution in [0.15, 0.2) is 0 Å². The van der Waals surface area contributed by atoms with Crippen molar-refractivity contribution in [1.29, 1.82) is 0 Å². The van der Waals surface area contributed by atoms with Crippen molar-refractivity contribution >= 4 is 0 Å². The molecule has 0 amide bonds. The van der Waals surface area contributed by atoms with Gasteiger partial charge in [0.15, 0.2) is 0 Å². The molecular formula is C11H21NO. The van der Waals surface area contributed by atoms with Gasteiger partial charge in [-0.05, 0) is 39.2 Å². The van der Waals surface area contributed by atoms with Gasteiger partial charge in [-0.15, -0.1) is 0 Å². The van der Waals surface area contributed by atoms with Gasteiger partial charge in [0.1, 0.15) is 0 Å². The van der Waals surface area contributed by atoms with E-state index in [0.717, 1.165) is 12.5 Å². The Morgan fingerprint density at radius 3 is 2.69 bits per heavy atom. The molecule has 0 spiro atoms. The van der Waals surface area contributed by atoms with E-state index >= 15 is 0 Å². The number of rotatable bonds is 3. The van der Waals surface area contributed by atoms with Crippen LogP contribution in [0.2, 0.25) is 0 Å². The number of hydrogen-bond donors (Lipinski definition) is 0. The van der Waals surface area contributed by atoms with Crippen LogP contribution in [0.5, 0.6) is 0 Å². The summed E-state index contributed by atoms with van der Waals surface area (Å²) in [6, 6.07) is 0. The minimum atomic E-state index is 0.379. The monoisotopic (exact) mass is 183 g/mol. The minimum Gasteiger partial charge on any atom is -0.377 e. The van der Waals surface area contributed by atoms with Crippen molar-refractivity contribution in [2.24, 2.45) is 5.92 Å². The summed E-state index contributed by atoms with van der Waals surface area (Å²) < 4.78 is 5.78. The SMILES string of the molecule is CC(C)OC[C@]12CCN1CC[C@@H]2C. The molecule has 0 saturated carbocycles. The molecule has 2 heterocycles. The van der Waals surface area contributed by atoms with Crippen LogP contribution in [0.3, 0.4) is 0 Å². The van der Waals surface area contributed by atoms with Gasteiger partial charge in [-0.1, -0.05) is 6.92 Å². The van der Waals surface area contributed by atoms with Gasteiger partial charge in [-0.2, -0.15) is 0 Å². The van der Waals surface area contributed by atoms with Crippen LogP contribution in [0.1, 0.15) is 33.6 Å². The molecular weight excluding hydrogens is 162 g/mol. The smallest absolute Gasteiger partial charge is 0.0657 e. The summed E-state index contributed by atoms with van der Waals surface area (Å²) in [5, 5.41) is 0. The quantitative estimate of drug-likeness (QED) is 0.662. The summed E-state index contributed by atoms with van der Waals surface area (Å²) >= 11 is 0. The maximum Gasteiger partial charge on any atom is 0.0657 e. The Morgan fingerprint density at radius 2 is 2.23 bits per heavy atom. The standard InChI is InChI=1S/C11H21NO/c1-9(2)13-8-11-5-7-12(11)6-4-10(11)3/h9-10H,4-8H2,1-3H3/t10-,11-/m0/s1. The number of nitrogens with zero attached hydrogens (tertiary/aromatic N) is 1. The van der Waals surface area contributed by atoms with Crippen molar-refractivity contribution < 1.29 is 4.74 Å². The Morgan fingerprint density at radius 1 is 1.46 bits per heavy atom. The van der Waals surface area contributed by atoms with Crippen LogP contribution in [-0.4, -0.2) is 36.2 Å². The van der Waals surface area contributed by atoms with E-state index in [-0.39, 0.29) is 0 Å². The molecule has 2 aliphatic rings. The van der Waals surface area contributed by atoms with Gasteiger partial charge in [0.2, 0.25) is 0 Å². The van der Waals surface area contributed by atoms with Crippen molar-refractivity contribution in [2.75, 3.05) is 19.7 Å². The molecule has 2 aliphatic heterocycles. The molecule has 0 bridgehead atoms. The van der Waals surface area contributed by atoms with Gasteiger partial charge >= 0.3 is 0 Å². The molecule has 2 fully saturated rings. The maximum atomic E-state index is 5.78. The van der Waals surface area contributed by atoms with Crippen LogP contribution >= 0.6 is 0 Å². The van der Waals surface area contributed by atoms with Gasteiger partial charge in [-0.3, -0.25) is 4.90 Å². The van der Waals surface area contributed by atoms with Gasteiger partial charge in [0.25, 0.3) is 0 Å². The molecule has 2 nitrogen and oxygen atoms in total. The Balaban J connectivity index is 1.94. The molecule has 76 valence electrons. The van der Waals surface area contributed by atoms with E-state index in [1.165, 1.54) is 25.9 Å². The molecule has 0 radical (unpaired) electrons. The Bertz CT molecular complexity index is 185.